The summed E-state index contributed by atoms with van der Waals surface area (Å²) in [5.74, 6) is 0. The average Bonchev–Trinajstić information content (AvgIpc) is 2.81. The van der Waals surface area contributed by atoms with E-state index in [1.165, 1.54) is 0 Å². The van der Waals surface area contributed by atoms with E-state index in [-0.39, 0.29) is 0 Å². The Morgan fingerprint density at radius 2 is 1.38 bits per heavy atom. The zero-order chi connectivity index (χ0) is 23.4. The van der Waals surface area contributed by atoms with E-state index in [1.807, 2.05) is 6.07 Å². The van der Waals surface area contributed by atoms with Crippen LogP contribution >= 0.6 is 0 Å². The minimum absolute atomic E-state index is 0.487. The zero-order valence-electron chi connectivity index (χ0n) is 16.9. The largest absolute Gasteiger partial charge is 0.394 e. The summed E-state index contributed by atoms with van der Waals surface area (Å²) in [7, 11) is 0. The number of benzene rings is 1. The van der Waals surface area contributed by atoms with Gasteiger partial charge in [0.05, 0.1) is 19.3 Å². The molecule has 7 N–H and O–H groups in total. The summed E-state index contributed by atoms with van der Waals surface area (Å²) in [4.78, 5) is 0. The van der Waals surface area contributed by atoms with Crippen molar-refractivity contribution in [1.82, 2.24) is 0 Å². The fourth-order valence-corrected chi connectivity index (χ4v) is 3.51. The van der Waals surface area contributed by atoms with Gasteiger partial charge in [-0.25, -0.2) is 0 Å². The van der Waals surface area contributed by atoms with Crippen LogP contribution in [0.4, 0.5) is 0 Å². The lowest BCUT2D eigenvalue weighted by Crippen LogP contribution is -2.61. The molecule has 0 unspecified atom stereocenters. The maximum atomic E-state index is 10.3. The molecule has 12 heteroatoms. The van der Waals surface area contributed by atoms with E-state index < -0.39 is 80.7 Å². The third-order valence-corrected chi connectivity index (χ3v) is 5.43. The molecule has 0 saturated carbocycles. The monoisotopic (exact) mass is 457 g/mol. The van der Waals surface area contributed by atoms with Crippen LogP contribution in [0.1, 0.15) is 11.7 Å². The molecule has 11 atom stereocenters. The molecule has 2 saturated heterocycles. The second kappa shape index (κ2) is 10.9. The van der Waals surface area contributed by atoms with Crippen LogP contribution in [0.3, 0.4) is 0 Å². The topological polar surface area (TPSA) is 202 Å². The molecule has 0 aromatic heterocycles. The highest BCUT2D eigenvalue weighted by Gasteiger charge is 2.48. The van der Waals surface area contributed by atoms with Crippen LogP contribution in [0, 0.1) is 11.3 Å². The summed E-state index contributed by atoms with van der Waals surface area (Å²) in [5, 5.41) is 79.1. The Morgan fingerprint density at radius 3 is 1.97 bits per heavy atom. The molecular weight excluding hydrogens is 430 g/mol. The normalized spacial score (nSPS) is 41.1. The smallest absolute Gasteiger partial charge is 0.188 e. The lowest BCUT2D eigenvalue weighted by atomic mass is 9.98. The van der Waals surface area contributed by atoms with E-state index >= 15 is 0 Å². The van der Waals surface area contributed by atoms with Crippen molar-refractivity contribution in [3.63, 3.8) is 0 Å². The molecule has 1 aromatic rings. The molecule has 1 aromatic carbocycles. The van der Waals surface area contributed by atoms with Crippen LogP contribution in [0.25, 0.3) is 0 Å². The molecule has 0 amide bonds. The van der Waals surface area contributed by atoms with Gasteiger partial charge in [-0.15, -0.1) is 0 Å². The zero-order valence-corrected chi connectivity index (χ0v) is 16.9. The van der Waals surface area contributed by atoms with Gasteiger partial charge in [-0.2, -0.15) is 5.26 Å². The molecule has 12 nitrogen and oxygen atoms in total. The van der Waals surface area contributed by atoms with Crippen LogP contribution in [-0.4, -0.2) is 110 Å². The fraction of sp³-hybridized carbons (Fsp3) is 0.650. The standard InChI is InChI=1S/C20H27NO11/c21-6-10(9-4-2-1-3-5-9)30-20-18(28)16(26)14(24)12(32-20)8-29-19-17(27)15(25)13(23)11(7-22)31-19/h1-5,10-20,22-28H,7-8H2/t10-,11-,12-,13-,14-,15+,16+,17-,18-,19-,20-/m0/s1. The molecule has 2 aliphatic rings. The molecule has 3 rings (SSSR count). The summed E-state index contributed by atoms with van der Waals surface area (Å²) in [5.41, 5.74) is 0.487. The van der Waals surface area contributed by atoms with Crippen molar-refractivity contribution in [3.05, 3.63) is 35.9 Å². The highest BCUT2D eigenvalue weighted by molar-refractivity contribution is 5.22. The minimum Gasteiger partial charge on any atom is -0.394 e. The first kappa shape index (κ1) is 24.9. The van der Waals surface area contributed by atoms with Gasteiger partial charge in [-0.1, -0.05) is 30.3 Å². The van der Waals surface area contributed by atoms with Crippen LogP contribution in [0.15, 0.2) is 30.3 Å². The van der Waals surface area contributed by atoms with E-state index in [1.54, 1.807) is 30.3 Å². The Hall–Kier alpha value is -1.73. The third-order valence-electron chi connectivity index (χ3n) is 5.43. The van der Waals surface area contributed by atoms with Gasteiger partial charge in [0, 0.05) is 0 Å². The highest BCUT2D eigenvalue weighted by Crippen LogP contribution is 2.28. The van der Waals surface area contributed by atoms with Crippen LogP contribution < -0.4 is 0 Å². The Morgan fingerprint density at radius 1 is 0.812 bits per heavy atom. The number of ether oxygens (including phenoxy) is 4. The third kappa shape index (κ3) is 5.25. The molecule has 2 aliphatic heterocycles. The van der Waals surface area contributed by atoms with Crippen molar-refractivity contribution in [3.8, 4) is 6.07 Å². The van der Waals surface area contributed by atoms with Gasteiger partial charge in [-0.05, 0) is 5.56 Å². The average molecular weight is 457 g/mol. The molecular formula is C20H27NO11. The number of rotatable bonds is 7. The van der Waals surface area contributed by atoms with Crippen molar-refractivity contribution >= 4 is 0 Å². The molecule has 0 bridgehead atoms. The van der Waals surface area contributed by atoms with Crippen molar-refractivity contribution in [2.24, 2.45) is 0 Å². The van der Waals surface area contributed by atoms with Gasteiger partial charge in [0.1, 0.15) is 48.8 Å². The minimum atomic E-state index is -1.70. The number of nitriles is 1. The van der Waals surface area contributed by atoms with Crippen molar-refractivity contribution in [2.75, 3.05) is 13.2 Å². The number of aliphatic hydroxyl groups excluding tert-OH is 7. The number of aliphatic hydroxyl groups is 7. The van der Waals surface area contributed by atoms with Gasteiger partial charge in [0.15, 0.2) is 18.7 Å². The number of hydrogen-bond donors (Lipinski definition) is 7. The van der Waals surface area contributed by atoms with Crippen molar-refractivity contribution in [1.29, 1.82) is 5.26 Å². The Labute approximate surface area is 183 Å². The summed E-state index contributed by atoms with van der Waals surface area (Å²) >= 11 is 0. The Balaban J connectivity index is 1.65. The van der Waals surface area contributed by atoms with Gasteiger partial charge >= 0.3 is 0 Å². The lowest BCUT2D eigenvalue weighted by Gasteiger charge is -2.43. The van der Waals surface area contributed by atoms with Crippen molar-refractivity contribution in [2.45, 2.75) is 67.5 Å². The Kier molecular flexibility index (Phi) is 8.50. The molecule has 32 heavy (non-hydrogen) atoms. The highest BCUT2D eigenvalue weighted by atomic mass is 16.7. The fourth-order valence-electron chi connectivity index (χ4n) is 3.51. The summed E-state index contributed by atoms with van der Waals surface area (Å²) in [6, 6.07) is 10.3. The van der Waals surface area contributed by atoms with Crippen LogP contribution in [0.2, 0.25) is 0 Å². The van der Waals surface area contributed by atoms with E-state index in [0.717, 1.165) is 0 Å². The molecule has 0 aliphatic carbocycles. The van der Waals surface area contributed by atoms with Gasteiger partial charge in [0.25, 0.3) is 0 Å². The molecule has 2 fully saturated rings. The second-order valence-corrected chi connectivity index (χ2v) is 7.60. The number of hydrogen-bond acceptors (Lipinski definition) is 12. The number of nitrogens with zero attached hydrogens (tertiary/aromatic N) is 1. The molecule has 2 heterocycles. The molecule has 178 valence electrons. The predicted molar refractivity (Wildman–Crippen MR) is 102 cm³/mol. The van der Waals surface area contributed by atoms with Crippen molar-refractivity contribution < 1.29 is 54.7 Å². The summed E-state index contributed by atoms with van der Waals surface area (Å²) < 4.78 is 21.6. The second-order valence-electron chi connectivity index (χ2n) is 7.60. The van der Waals surface area contributed by atoms with Gasteiger partial charge in [-0.3, -0.25) is 0 Å². The first-order valence-corrected chi connectivity index (χ1v) is 10.00. The first-order valence-electron chi connectivity index (χ1n) is 10.00. The summed E-state index contributed by atoms with van der Waals surface area (Å²) in [6.45, 7) is -1.14. The SMILES string of the molecule is N#C[C@H](O[C@H]1O[C@@H](CO[C@H]2O[C@@H](CO)[C@H](O)[C@@H](O)[C@@H]2O)[C@H](O)[C@@H](O)[C@@H]1O)c1ccccc1. The Bertz CT molecular complexity index is 760. The van der Waals surface area contributed by atoms with Crippen LogP contribution in [-0.2, 0) is 18.9 Å². The molecule has 0 spiro atoms. The maximum Gasteiger partial charge on any atom is 0.188 e. The first-order chi connectivity index (χ1) is 15.3. The predicted octanol–water partition coefficient (Wildman–Crippen LogP) is -3.11. The van der Waals surface area contributed by atoms with Crippen LogP contribution in [0.5, 0.6) is 0 Å². The van der Waals surface area contributed by atoms with E-state index in [2.05, 4.69) is 0 Å². The maximum absolute atomic E-state index is 10.3. The van der Waals surface area contributed by atoms with Gasteiger partial charge in [0.2, 0.25) is 0 Å². The van der Waals surface area contributed by atoms with E-state index in [4.69, 9.17) is 18.9 Å². The van der Waals surface area contributed by atoms with E-state index in [0.29, 0.717) is 5.56 Å². The van der Waals surface area contributed by atoms with E-state index in [9.17, 15) is 41.0 Å². The summed E-state index contributed by atoms with van der Waals surface area (Å²) in [6.07, 6.45) is -16.5. The molecule has 0 radical (unpaired) electrons. The lowest BCUT2D eigenvalue weighted by molar-refractivity contribution is -0.334. The van der Waals surface area contributed by atoms with Gasteiger partial charge < -0.3 is 54.7 Å². The quantitative estimate of drug-likeness (QED) is 0.218.